The highest BCUT2D eigenvalue weighted by atomic mass is 32.2. The van der Waals surface area contributed by atoms with Crippen molar-refractivity contribution in [3.63, 3.8) is 0 Å². The molecule has 0 bridgehead atoms. The molecule has 1 aromatic rings. The second-order valence-corrected chi connectivity index (χ2v) is 7.36. The van der Waals surface area contributed by atoms with E-state index < -0.39 is 10.0 Å². The highest BCUT2D eigenvalue weighted by Crippen LogP contribution is 2.18. The van der Waals surface area contributed by atoms with Crippen LogP contribution in [0, 0.1) is 12.8 Å². The van der Waals surface area contributed by atoms with Gasteiger partial charge in [-0.25, -0.2) is 12.7 Å². The Morgan fingerprint density at radius 2 is 2.00 bits per heavy atom. The third-order valence-corrected chi connectivity index (χ3v) is 5.48. The molecule has 0 radical (unpaired) electrons. The van der Waals surface area contributed by atoms with Crippen molar-refractivity contribution in [1.29, 1.82) is 0 Å². The largest absolute Gasteiger partial charge is 0.316 e. The van der Waals surface area contributed by atoms with Gasteiger partial charge in [-0.05, 0) is 50.9 Å². The summed E-state index contributed by atoms with van der Waals surface area (Å²) in [6, 6.07) is 7.03. The predicted molar refractivity (Wildman–Crippen MR) is 76.6 cm³/mol. The lowest BCUT2D eigenvalue weighted by atomic mass is 10.00. The van der Waals surface area contributed by atoms with Crippen LogP contribution in [0.4, 0.5) is 0 Å². The molecule has 19 heavy (non-hydrogen) atoms. The normalized spacial score (nSPS) is 20.7. The van der Waals surface area contributed by atoms with Crippen molar-refractivity contribution >= 4 is 10.0 Å². The standard InChI is InChI=1S/C14H22N2O2S/c1-12-5-7-14(8-6-12)19(17,18)16(2)11-13-4-3-9-15-10-13/h5-8,13,15H,3-4,9-11H2,1-2H3. The third kappa shape index (κ3) is 3.55. The molecule has 4 nitrogen and oxygen atoms in total. The van der Waals surface area contributed by atoms with Crippen LogP contribution in [0.25, 0.3) is 0 Å². The lowest BCUT2D eigenvalue weighted by Gasteiger charge is -2.27. The Kier molecular flexibility index (Phi) is 4.60. The summed E-state index contributed by atoms with van der Waals surface area (Å²) in [5.41, 5.74) is 1.07. The van der Waals surface area contributed by atoms with Gasteiger partial charge in [0, 0.05) is 13.6 Å². The number of nitrogens with one attached hydrogen (secondary N) is 1. The summed E-state index contributed by atoms with van der Waals surface area (Å²) >= 11 is 0. The van der Waals surface area contributed by atoms with Gasteiger partial charge >= 0.3 is 0 Å². The Balaban J connectivity index is 2.07. The first kappa shape index (κ1) is 14.5. The summed E-state index contributed by atoms with van der Waals surface area (Å²) in [5.74, 6) is 0.416. The van der Waals surface area contributed by atoms with Gasteiger partial charge in [0.15, 0.2) is 0 Å². The molecule has 5 heteroatoms. The van der Waals surface area contributed by atoms with E-state index in [9.17, 15) is 8.42 Å². The molecule has 1 fully saturated rings. The van der Waals surface area contributed by atoms with Crippen molar-refractivity contribution in [2.24, 2.45) is 5.92 Å². The first-order valence-corrected chi connectivity index (χ1v) is 8.18. The van der Waals surface area contributed by atoms with E-state index in [1.807, 2.05) is 19.1 Å². The summed E-state index contributed by atoms with van der Waals surface area (Å²) in [5, 5.41) is 3.32. The van der Waals surface area contributed by atoms with E-state index in [2.05, 4.69) is 5.32 Å². The Bertz CT molecular complexity index is 505. The lowest BCUT2D eigenvalue weighted by Crippen LogP contribution is -2.39. The monoisotopic (exact) mass is 282 g/mol. The van der Waals surface area contributed by atoms with E-state index in [4.69, 9.17) is 0 Å². The zero-order valence-corrected chi connectivity index (χ0v) is 12.4. The molecule has 1 aromatic carbocycles. The average molecular weight is 282 g/mol. The van der Waals surface area contributed by atoms with Gasteiger partial charge in [0.25, 0.3) is 0 Å². The molecule has 1 saturated heterocycles. The van der Waals surface area contributed by atoms with Crippen LogP contribution in [0.5, 0.6) is 0 Å². The van der Waals surface area contributed by atoms with Crippen LogP contribution in [0.1, 0.15) is 18.4 Å². The van der Waals surface area contributed by atoms with E-state index in [0.717, 1.165) is 31.5 Å². The summed E-state index contributed by atoms with van der Waals surface area (Å²) in [6.45, 7) is 4.50. The minimum atomic E-state index is -3.35. The Morgan fingerprint density at radius 3 is 2.58 bits per heavy atom. The van der Waals surface area contributed by atoms with E-state index in [1.54, 1.807) is 19.2 Å². The van der Waals surface area contributed by atoms with Gasteiger partial charge in [-0.15, -0.1) is 0 Å². The number of benzene rings is 1. The molecule has 1 heterocycles. The number of nitrogens with zero attached hydrogens (tertiary/aromatic N) is 1. The van der Waals surface area contributed by atoms with Crippen LogP contribution in [0.2, 0.25) is 0 Å². The summed E-state index contributed by atoms with van der Waals surface area (Å²) in [7, 11) is -1.68. The molecule has 1 unspecified atom stereocenters. The predicted octanol–water partition coefficient (Wildman–Crippen LogP) is 1.62. The molecule has 106 valence electrons. The van der Waals surface area contributed by atoms with Crippen LogP contribution >= 0.6 is 0 Å². The number of hydrogen-bond donors (Lipinski definition) is 1. The van der Waals surface area contributed by atoms with Crippen molar-refractivity contribution in [2.75, 3.05) is 26.7 Å². The maximum absolute atomic E-state index is 12.4. The summed E-state index contributed by atoms with van der Waals surface area (Å²) in [6.07, 6.45) is 2.23. The fourth-order valence-corrected chi connectivity index (χ4v) is 3.68. The van der Waals surface area contributed by atoms with Crippen molar-refractivity contribution < 1.29 is 8.42 Å². The van der Waals surface area contributed by atoms with Gasteiger partial charge < -0.3 is 5.32 Å². The fourth-order valence-electron chi connectivity index (χ4n) is 2.43. The first-order chi connectivity index (χ1) is 9.00. The first-order valence-electron chi connectivity index (χ1n) is 6.74. The van der Waals surface area contributed by atoms with Gasteiger partial charge in [-0.2, -0.15) is 0 Å². The highest BCUT2D eigenvalue weighted by molar-refractivity contribution is 7.89. The molecule has 1 aliphatic heterocycles. The van der Waals surface area contributed by atoms with Gasteiger partial charge in [-0.3, -0.25) is 0 Å². The molecule has 0 aliphatic carbocycles. The molecule has 1 aliphatic rings. The minimum Gasteiger partial charge on any atom is -0.316 e. The SMILES string of the molecule is Cc1ccc(S(=O)(=O)N(C)CC2CCCNC2)cc1. The van der Waals surface area contributed by atoms with Crippen molar-refractivity contribution in [2.45, 2.75) is 24.7 Å². The number of piperidine rings is 1. The molecular weight excluding hydrogens is 260 g/mol. The summed E-state index contributed by atoms with van der Waals surface area (Å²) in [4.78, 5) is 0.379. The maximum atomic E-state index is 12.4. The average Bonchev–Trinajstić information content (AvgIpc) is 2.40. The maximum Gasteiger partial charge on any atom is 0.242 e. The Labute approximate surface area is 115 Å². The lowest BCUT2D eigenvalue weighted by molar-refractivity contribution is 0.315. The van der Waals surface area contributed by atoms with Gasteiger partial charge in [-0.1, -0.05) is 17.7 Å². The smallest absolute Gasteiger partial charge is 0.242 e. The number of rotatable bonds is 4. The number of hydrogen-bond acceptors (Lipinski definition) is 3. The molecule has 0 saturated carbocycles. The number of aryl methyl sites for hydroxylation is 1. The van der Waals surface area contributed by atoms with Crippen molar-refractivity contribution in [1.82, 2.24) is 9.62 Å². The molecular formula is C14H22N2O2S. The topological polar surface area (TPSA) is 49.4 Å². The molecule has 0 aromatic heterocycles. The Hall–Kier alpha value is -0.910. The molecule has 0 amide bonds. The van der Waals surface area contributed by atoms with Crippen molar-refractivity contribution in [3.8, 4) is 0 Å². The van der Waals surface area contributed by atoms with Gasteiger partial charge in [0.1, 0.15) is 0 Å². The van der Waals surface area contributed by atoms with Crippen LogP contribution in [-0.2, 0) is 10.0 Å². The zero-order valence-electron chi connectivity index (χ0n) is 11.6. The van der Waals surface area contributed by atoms with Crippen molar-refractivity contribution in [3.05, 3.63) is 29.8 Å². The molecule has 2 rings (SSSR count). The molecule has 1 atom stereocenters. The van der Waals surface area contributed by atoms with E-state index >= 15 is 0 Å². The third-order valence-electron chi connectivity index (χ3n) is 3.64. The Morgan fingerprint density at radius 1 is 1.32 bits per heavy atom. The van der Waals surface area contributed by atoms with Crippen LogP contribution < -0.4 is 5.32 Å². The minimum absolute atomic E-state index is 0.379. The van der Waals surface area contributed by atoms with E-state index in [0.29, 0.717) is 17.4 Å². The van der Waals surface area contributed by atoms with E-state index in [-0.39, 0.29) is 0 Å². The quantitative estimate of drug-likeness (QED) is 0.913. The van der Waals surface area contributed by atoms with Crippen LogP contribution in [-0.4, -0.2) is 39.4 Å². The number of sulfonamides is 1. The second-order valence-electron chi connectivity index (χ2n) is 5.31. The molecule has 0 spiro atoms. The highest BCUT2D eigenvalue weighted by Gasteiger charge is 2.24. The van der Waals surface area contributed by atoms with Gasteiger partial charge in [0.2, 0.25) is 10.0 Å². The van der Waals surface area contributed by atoms with E-state index in [1.165, 1.54) is 4.31 Å². The second kappa shape index (κ2) is 6.03. The molecule has 1 N–H and O–H groups in total. The summed E-state index contributed by atoms with van der Waals surface area (Å²) < 4.78 is 26.3. The fraction of sp³-hybridized carbons (Fsp3) is 0.571. The zero-order chi connectivity index (χ0) is 13.9. The van der Waals surface area contributed by atoms with Crippen LogP contribution in [0.15, 0.2) is 29.2 Å². The van der Waals surface area contributed by atoms with Crippen LogP contribution in [0.3, 0.4) is 0 Å². The van der Waals surface area contributed by atoms with Gasteiger partial charge in [0.05, 0.1) is 4.90 Å².